The molecule has 0 unspecified atom stereocenters. The van der Waals surface area contributed by atoms with Crippen LogP contribution in [0.3, 0.4) is 0 Å². The molecule has 0 radical (unpaired) electrons. The van der Waals surface area contributed by atoms with Gasteiger partial charge in [-0.05, 0) is 35.2 Å². The zero-order valence-corrected chi connectivity index (χ0v) is 16.3. The third-order valence-corrected chi connectivity index (χ3v) is 5.23. The Labute approximate surface area is 170 Å². The fraction of sp³-hybridized carbons (Fsp3) is 0.261. The first-order chi connectivity index (χ1) is 14.2. The maximum atomic E-state index is 12.6. The van der Waals surface area contributed by atoms with E-state index in [2.05, 4.69) is 10.3 Å². The van der Waals surface area contributed by atoms with Gasteiger partial charge < -0.3 is 14.8 Å². The second-order valence-electron chi connectivity index (χ2n) is 7.30. The third kappa shape index (κ3) is 4.71. The van der Waals surface area contributed by atoms with Gasteiger partial charge in [0.2, 0.25) is 5.91 Å². The normalized spacial score (nSPS) is 13.7. The standard InChI is InChI=1S/C23H24N4O2/c28-22-6-3-12-27(22)16-21-5-2-1-4-20(21)14-25-23(29)19-9-7-18(8-10-19)15-26-13-11-24-17-26/h1-2,4-5,7-11,13,17H,3,6,12,14-16H2,(H,25,29). The molecule has 6 heteroatoms. The molecular formula is C23H24N4O2. The molecule has 2 aromatic carbocycles. The van der Waals surface area contributed by atoms with Gasteiger partial charge in [0.1, 0.15) is 0 Å². The number of likely N-dealkylation sites (tertiary alicyclic amines) is 1. The van der Waals surface area contributed by atoms with Crippen molar-refractivity contribution >= 4 is 11.8 Å². The summed E-state index contributed by atoms with van der Waals surface area (Å²) in [5.41, 5.74) is 3.86. The number of amides is 2. The van der Waals surface area contributed by atoms with E-state index < -0.39 is 0 Å². The van der Waals surface area contributed by atoms with E-state index in [1.165, 1.54) is 0 Å². The fourth-order valence-electron chi connectivity index (χ4n) is 3.59. The molecule has 2 heterocycles. The highest BCUT2D eigenvalue weighted by molar-refractivity contribution is 5.94. The molecule has 148 valence electrons. The summed E-state index contributed by atoms with van der Waals surface area (Å²) in [5.74, 6) is 0.103. The minimum Gasteiger partial charge on any atom is -0.348 e. The number of hydrogen-bond donors (Lipinski definition) is 1. The SMILES string of the molecule is O=C(NCc1ccccc1CN1CCCC1=O)c1ccc(Cn2ccnc2)cc1. The Morgan fingerprint density at radius 1 is 1.03 bits per heavy atom. The summed E-state index contributed by atoms with van der Waals surface area (Å²) >= 11 is 0. The highest BCUT2D eigenvalue weighted by atomic mass is 16.2. The quantitative estimate of drug-likeness (QED) is 0.677. The Balaban J connectivity index is 1.36. The average Bonchev–Trinajstić information content (AvgIpc) is 3.40. The molecule has 0 saturated carbocycles. The van der Waals surface area contributed by atoms with E-state index in [1.54, 1.807) is 12.5 Å². The molecular weight excluding hydrogens is 364 g/mol. The predicted molar refractivity (Wildman–Crippen MR) is 110 cm³/mol. The number of imidazole rings is 1. The Morgan fingerprint density at radius 3 is 2.52 bits per heavy atom. The lowest BCUT2D eigenvalue weighted by atomic mass is 10.1. The minimum atomic E-state index is -0.105. The third-order valence-electron chi connectivity index (χ3n) is 5.23. The molecule has 1 saturated heterocycles. The van der Waals surface area contributed by atoms with Gasteiger partial charge in [-0.1, -0.05) is 36.4 Å². The number of nitrogens with one attached hydrogen (secondary N) is 1. The van der Waals surface area contributed by atoms with Gasteiger partial charge in [0.15, 0.2) is 0 Å². The van der Waals surface area contributed by atoms with Gasteiger partial charge in [0, 0.05) is 50.6 Å². The van der Waals surface area contributed by atoms with Crippen LogP contribution in [0.15, 0.2) is 67.3 Å². The van der Waals surface area contributed by atoms with Crippen molar-refractivity contribution in [2.45, 2.75) is 32.5 Å². The topological polar surface area (TPSA) is 67.2 Å². The fourth-order valence-corrected chi connectivity index (χ4v) is 3.59. The van der Waals surface area contributed by atoms with Crippen molar-refractivity contribution in [1.29, 1.82) is 0 Å². The molecule has 1 N–H and O–H groups in total. The molecule has 4 rings (SSSR count). The van der Waals surface area contributed by atoms with Crippen LogP contribution in [0.25, 0.3) is 0 Å². The van der Waals surface area contributed by atoms with Gasteiger partial charge in [0.25, 0.3) is 5.91 Å². The Kier molecular flexibility index (Phi) is 5.70. The molecule has 3 aromatic rings. The highest BCUT2D eigenvalue weighted by Crippen LogP contribution is 2.17. The summed E-state index contributed by atoms with van der Waals surface area (Å²) in [4.78, 5) is 30.4. The van der Waals surface area contributed by atoms with E-state index in [4.69, 9.17) is 0 Å². The lowest BCUT2D eigenvalue weighted by molar-refractivity contribution is -0.128. The van der Waals surface area contributed by atoms with E-state index in [0.717, 1.165) is 36.2 Å². The average molecular weight is 388 g/mol. The summed E-state index contributed by atoms with van der Waals surface area (Å²) < 4.78 is 1.98. The maximum absolute atomic E-state index is 12.6. The van der Waals surface area contributed by atoms with Crippen molar-refractivity contribution in [2.24, 2.45) is 0 Å². The van der Waals surface area contributed by atoms with Crippen LogP contribution in [0.4, 0.5) is 0 Å². The van der Waals surface area contributed by atoms with E-state index in [-0.39, 0.29) is 11.8 Å². The van der Waals surface area contributed by atoms with Crippen LogP contribution >= 0.6 is 0 Å². The number of carbonyl (C=O) groups is 2. The first kappa shape index (κ1) is 18.9. The van der Waals surface area contributed by atoms with Crippen LogP contribution in [0.5, 0.6) is 0 Å². The second kappa shape index (κ2) is 8.73. The number of rotatable bonds is 7. The van der Waals surface area contributed by atoms with Gasteiger partial charge in [0.05, 0.1) is 6.33 Å². The van der Waals surface area contributed by atoms with Crippen LogP contribution in [0, 0.1) is 0 Å². The summed E-state index contributed by atoms with van der Waals surface area (Å²) in [6, 6.07) is 15.6. The molecule has 6 nitrogen and oxygen atoms in total. The zero-order chi connectivity index (χ0) is 20.1. The van der Waals surface area contributed by atoms with E-state index in [9.17, 15) is 9.59 Å². The second-order valence-corrected chi connectivity index (χ2v) is 7.30. The van der Waals surface area contributed by atoms with Crippen LogP contribution < -0.4 is 5.32 Å². The highest BCUT2D eigenvalue weighted by Gasteiger charge is 2.21. The first-order valence-electron chi connectivity index (χ1n) is 9.86. The smallest absolute Gasteiger partial charge is 0.251 e. The number of benzene rings is 2. The predicted octanol–water partition coefficient (Wildman–Crippen LogP) is 2.98. The van der Waals surface area contributed by atoms with Crippen LogP contribution in [0.2, 0.25) is 0 Å². The maximum Gasteiger partial charge on any atom is 0.251 e. The lowest BCUT2D eigenvalue weighted by Gasteiger charge is -2.18. The number of carbonyl (C=O) groups excluding carboxylic acids is 2. The Bertz CT molecular complexity index is 980. The van der Waals surface area contributed by atoms with Gasteiger partial charge in [-0.15, -0.1) is 0 Å². The number of hydrogen-bond acceptors (Lipinski definition) is 3. The Hall–Kier alpha value is -3.41. The summed E-state index contributed by atoms with van der Waals surface area (Å²) in [6.45, 7) is 2.58. The molecule has 0 spiro atoms. The van der Waals surface area contributed by atoms with Gasteiger partial charge >= 0.3 is 0 Å². The first-order valence-corrected chi connectivity index (χ1v) is 9.86. The van der Waals surface area contributed by atoms with Gasteiger partial charge in [-0.25, -0.2) is 4.98 Å². The number of nitrogens with zero attached hydrogens (tertiary/aromatic N) is 3. The van der Waals surface area contributed by atoms with Gasteiger partial charge in [-0.3, -0.25) is 9.59 Å². The molecule has 0 bridgehead atoms. The van der Waals surface area contributed by atoms with Crippen molar-refractivity contribution in [3.05, 3.63) is 89.5 Å². The lowest BCUT2D eigenvalue weighted by Crippen LogP contribution is -2.26. The summed E-state index contributed by atoms with van der Waals surface area (Å²) in [5, 5.41) is 3.00. The van der Waals surface area contributed by atoms with Crippen LogP contribution in [-0.4, -0.2) is 32.8 Å². The van der Waals surface area contributed by atoms with Crippen molar-refractivity contribution in [1.82, 2.24) is 19.8 Å². The van der Waals surface area contributed by atoms with Crippen LogP contribution in [-0.2, 0) is 24.4 Å². The number of aromatic nitrogens is 2. The monoisotopic (exact) mass is 388 g/mol. The minimum absolute atomic E-state index is 0.105. The Morgan fingerprint density at radius 2 is 1.83 bits per heavy atom. The molecule has 0 atom stereocenters. The van der Waals surface area contributed by atoms with Crippen molar-refractivity contribution < 1.29 is 9.59 Å². The largest absolute Gasteiger partial charge is 0.348 e. The van der Waals surface area contributed by atoms with E-state index in [1.807, 2.05) is 64.2 Å². The van der Waals surface area contributed by atoms with Gasteiger partial charge in [-0.2, -0.15) is 0 Å². The van der Waals surface area contributed by atoms with Crippen molar-refractivity contribution in [3.63, 3.8) is 0 Å². The molecule has 29 heavy (non-hydrogen) atoms. The van der Waals surface area contributed by atoms with Crippen molar-refractivity contribution in [3.8, 4) is 0 Å². The van der Waals surface area contributed by atoms with E-state index >= 15 is 0 Å². The molecule has 1 aliphatic rings. The summed E-state index contributed by atoms with van der Waals surface area (Å²) in [6.07, 6.45) is 6.99. The van der Waals surface area contributed by atoms with E-state index in [0.29, 0.717) is 25.1 Å². The molecule has 1 fully saturated rings. The van der Waals surface area contributed by atoms with Crippen molar-refractivity contribution in [2.75, 3.05) is 6.54 Å². The summed E-state index contributed by atoms with van der Waals surface area (Å²) in [7, 11) is 0. The van der Waals surface area contributed by atoms with Crippen LogP contribution in [0.1, 0.15) is 39.9 Å². The molecule has 1 aliphatic heterocycles. The molecule has 0 aliphatic carbocycles. The zero-order valence-electron chi connectivity index (χ0n) is 16.3. The molecule has 1 aromatic heterocycles. The molecule has 2 amide bonds.